The number of rotatable bonds is 8. The van der Waals surface area contributed by atoms with E-state index in [9.17, 15) is 9.59 Å². The molecule has 0 bridgehead atoms. The van der Waals surface area contributed by atoms with Gasteiger partial charge in [0.1, 0.15) is 5.01 Å². The van der Waals surface area contributed by atoms with Gasteiger partial charge in [-0.3, -0.25) is 9.59 Å². The Balaban J connectivity index is 1.42. The molecule has 0 fully saturated rings. The highest BCUT2D eigenvalue weighted by Gasteiger charge is 2.14. The van der Waals surface area contributed by atoms with Crippen molar-refractivity contribution >= 4 is 40.6 Å². The smallest absolute Gasteiger partial charge is 0.286 e. The Morgan fingerprint density at radius 2 is 1.79 bits per heavy atom. The second-order valence-corrected chi connectivity index (χ2v) is 8.07. The summed E-state index contributed by atoms with van der Waals surface area (Å²) < 4.78 is 0. The number of nitrogens with zero attached hydrogens (tertiary/aromatic N) is 2. The number of anilines is 1. The van der Waals surface area contributed by atoms with Crippen LogP contribution in [0.4, 0.5) is 5.69 Å². The molecular weight excluding hydrogens is 392 g/mol. The Kier molecular flexibility index (Phi) is 7.16. The quantitative estimate of drug-likeness (QED) is 0.590. The number of thioether (sulfide) groups is 1. The lowest BCUT2D eigenvalue weighted by atomic mass is 10.2. The van der Waals surface area contributed by atoms with Gasteiger partial charge < -0.3 is 10.6 Å². The number of hydrogen-bond acceptors (Lipinski definition) is 6. The normalized spacial score (nSPS) is 10.5. The van der Waals surface area contributed by atoms with Crippen LogP contribution in [-0.2, 0) is 17.1 Å². The van der Waals surface area contributed by atoms with Gasteiger partial charge in [0.25, 0.3) is 5.91 Å². The van der Waals surface area contributed by atoms with Gasteiger partial charge in [0.2, 0.25) is 10.9 Å². The van der Waals surface area contributed by atoms with Gasteiger partial charge in [-0.2, -0.15) is 0 Å². The zero-order valence-electron chi connectivity index (χ0n) is 15.3. The molecule has 0 radical (unpaired) electrons. The summed E-state index contributed by atoms with van der Waals surface area (Å²) >= 11 is 2.69. The summed E-state index contributed by atoms with van der Waals surface area (Å²) in [5.74, 6) is 0.560. The molecule has 0 atom stereocenters. The second-order valence-electron chi connectivity index (χ2n) is 6.03. The van der Waals surface area contributed by atoms with Crippen molar-refractivity contribution < 1.29 is 9.59 Å². The average Bonchev–Trinajstić information content (AvgIpc) is 3.18. The molecule has 0 spiro atoms. The van der Waals surface area contributed by atoms with Crippen LogP contribution in [0.1, 0.15) is 25.9 Å². The number of hydrogen-bond donors (Lipinski definition) is 2. The summed E-state index contributed by atoms with van der Waals surface area (Å²) in [5, 5.41) is 14.8. The van der Waals surface area contributed by atoms with Crippen molar-refractivity contribution in [2.24, 2.45) is 0 Å². The minimum atomic E-state index is -0.274. The first-order valence-electron chi connectivity index (χ1n) is 8.69. The van der Waals surface area contributed by atoms with E-state index in [4.69, 9.17) is 0 Å². The fraction of sp³-hybridized carbons (Fsp3) is 0.200. The largest absolute Gasteiger partial charge is 0.351 e. The predicted octanol–water partition coefficient (Wildman–Crippen LogP) is 3.65. The highest BCUT2D eigenvalue weighted by molar-refractivity contribution is 7.99. The van der Waals surface area contributed by atoms with Crippen LogP contribution in [0, 0.1) is 6.92 Å². The molecule has 0 aliphatic rings. The maximum absolute atomic E-state index is 12.3. The summed E-state index contributed by atoms with van der Waals surface area (Å²) in [4.78, 5) is 24.2. The molecule has 0 aliphatic carbocycles. The minimum absolute atomic E-state index is 0.0316. The highest BCUT2D eigenvalue weighted by Crippen LogP contribution is 2.19. The zero-order valence-corrected chi connectivity index (χ0v) is 17.0. The summed E-state index contributed by atoms with van der Waals surface area (Å²) in [6.45, 7) is 2.45. The Hall–Kier alpha value is -2.71. The molecule has 3 rings (SSSR count). The number of amides is 2. The summed E-state index contributed by atoms with van der Waals surface area (Å²) in [7, 11) is 0. The molecule has 2 N–H and O–H groups in total. The van der Waals surface area contributed by atoms with Crippen molar-refractivity contribution in [1.29, 1.82) is 0 Å². The van der Waals surface area contributed by atoms with Crippen molar-refractivity contribution in [3.8, 4) is 0 Å². The van der Waals surface area contributed by atoms with Crippen LogP contribution in [0.15, 0.2) is 54.6 Å². The molecular formula is C20H20N4O2S2. The van der Waals surface area contributed by atoms with Crippen LogP contribution >= 0.6 is 23.1 Å². The molecule has 0 saturated heterocycles. The fourth-order valence-corrected chi connectivity index (χ4v) is 4.01. The predicted molar refractivity (Wildman–Crippen MR) is 113 cm³/mol. The second kappa shape index (κ2) is 10.0. The van der Waals surface area contributed by atoms with Crippen LogP contribution in [0.5, 0.6) is 0 Å². The van der Waals surface area contributed by atoms with Gasteiger partial charge in [-0.05, 0) is 24.1 Å². The molecule has 2 aromatic carbocycles. The monoisotopic (exact) mass is 412 g/mol. The Morgan fingerprint density at radius 1 is 1.04 bits per heavy atom. The summed E-state index contributed by atoms with van der Waals surface area (Å²) in [6, 6.07) is 17.3. The molecule has 0 aliphatic heterocycles. The van der Waals surface area contributed by atoms with E-state index in [0.717, 1.165) is 21.8 Å². The highest BCUT2D eigenvalue weighted by atomic mass is 32.2. The van der Waals surface area contributed by atoms with E-state index >= 15 is 0 Å². The van der Waals surface area contributed by atoms with Crippen molar-refractivity contribution in [3.63, 3.8) is 0 Å². The van der Waals surface area contributed by atoms with Gasteiger partial charge in [-0.1, -0.05) is 59.9 Å². The molecule has 144 valence electrons. The van der Waals surface area contributed by atoms with E-state index in [2.05, 4.69) is 20.8 Å². The molecule has 1 heterocycles. The maximum Gasteiger partial charge on any atom is 0.286 e. The van der Waals surface area contributed by atoms with Gasteiger partial charge in [-0.25, -0.2) is 0 Å². The van der Waals surface area contributed by atoms with Crippen LogP contribution in [0.25, 0.3) is 0 Å². The number of aryl methyl sites for hydroxylation is 1. The SMILES string of the molecule is Cc1ccccc1NC(=O)c1nnc(CSCC(=O)NCc2ccccc2)s1. The molecule has 0 saturated carbocycles. The number of aromatic nitrogens is 2. The number of carbonyl (C=O) groups is 2. The summed E-state index contributed by atoms with van der Waals surface area (Å²) in [5.41, 5.74) is 2.81. The number of carbonyl (C=O) groups excluding carboxylic acids is 2. The molecule has 28 heavy (non-hydrogen) atoms. The Morgan fingerprint density at radius 3 is 2.57 bits per heavy atom. The topological polar surface area (TPSA) is 84.0 Å². The van der Waals surface area contributed by atoms with Gasteiger partial charge in [0, 0.05) is 18.0 Å². The van der Waals surface area contributed by atoms with Gasteiger partial charge >= 0.3 is 0 Å². The lowest BCUT2D eigenvalue weighted by molar-refractivity contribution is -0.118. The van der Waals surface area contributed by atoms with Gasteiger partial charge in [0.15, 0.2) is 0 Å². The van der Waals surface area contributed by atoms with Crippen LogP contribution < -0.4 is 10.6 Å². The van der Waals surface area contributed by atoms with Gasteiger partial charge in [0.05, 0.1) is 5.75 Å². The Labute approximate surface area is 171 Å². The molecule has 2 amide bonds. The molecule has 0 unspecified atom stereocenters. The van der Waals surface area contributed by atoms with E-state index in [-0.39, 0.29) is 11.8 Å². The zero-order chi connectivity index (χ0) is 19.8. The first kappa shape index (κ1) is 20.0. The standard InChI is InChI=1S/C20H20N4O2S2/c1-14-7-5-6-10-16(14)22-19(26)20-24-23-18(28-20)13-27-12-17(25)21-11-15-8-3-2-4-9-15/h2-10H,11-13H2,1H3,(H,21,25)(H,22,26). The third-order valence-electron chi connectivity index (χ3n) is 3.85. The number of benzene rings is 2. The third kappa shape index (κ3) is 5.90. The number of para-hydroxylation sites is 1. The molecule has 1 aromatic heterocycles. The summed E-state index contributed by atoms with van der Waals surface area (Å²) in [6.07, 6.45) is 0. The van der Waals surface area contributed by atoms with E-state index in [1.54, 1.807) is 0 Å². The third-order valence-corrected chi connectivity index (χ3v) is 5.89. The Bertz CT molecular complexity index is 944. The van der Waals surface area contributed by atoms with Crippen molar-refractivity contribution in [2.75, 3.05) is 11.1 Å². The lowest BCUT2D eigenvalue weighted by Crippen LogP contribution is -2.24. The molecule has 8 heteroatoms. The first-order valence-corrected chi connectivity index (χ1v) is 10.7. The first-order chi connectivity index (χ1) is 13.6. The maximum atomic E-state index is 12.3. The van der Waals surface area contributed by atoms with Crippen molar-refractivity contribution in [1.82, 2.24) is 15.5 Å². The molecule has 3 aromatic rings. The van der Waals surface area contributed by atoms with Crippen molar-refractivity contribution in [3.05, 3.63) is 75.7 Å². The van der Waals surface area contributed by atoms with Crippen LogP contribution in [-0.4, -0.2) is 27.8 Å². The van der Waals surface area contributed by atoms with Crippen LogP contribution in [0.3, 0.4) is 0 Å². The minimum Gasteiger partial charge on any atom is -0.351 e. The fourth-order valence-electron chi connectivity index (χ4n) is 2.37. The average molecular weight is 413 g/mol. The molecule has 6 nitrogen and oxygen atoms in total. The van der Waals surface area contributed by atoms with E-state index < -0.39 is 0 Å². The van der Waals surface area contributed by atoms with Gasteiger partial charge in [-0.15, -0.1) is 22.0 Å². The van der Waals surface area contributed by atoms with Crippen molar-refractivity contribution in [2.45, 2.75) is 19.2 Å². The number of nitrogens with one attached hydrogen (secondary N) is 2. The van der Waals surface area contributed by atoms with E-state index in [1.165, 1.54) is 23.1 Å². The van der Waals surface area contributed by atoms with E-state index in [0.29, 0.717) is 23.1 Å². The lowest BCUT2D eigenvalue weighted by Gasteiger charge is -2.05. The van der Waals surface area contributed by atoms with E-state index in [1.807, 2.05) is 61.5 Å². The van der Waals surface area contributed by atoms with Crippen LogP contribution in [0.2, 0.25) is 0 Å².